The number of anilines is 2. The zero-order valence-corrected chi connectivity index (χ0v) is 74.7. The fraction of sp³-hybridized carbons (Fsp3) is 0.156. The summed E-state index contributed by atoms with van der Waals surface area (Å²) < 4.78 is 31.7. The Kier molecular flexibility index (Phi) is 37.3. The molecule has 9 heterocycles. The van der Waals surface area contributed by atoms with Gasteiger partial charge in [0.25, 0.3) is 0 Å². The predicted molar refractivity (Wildman–Crippen MR) is 479 cm³/mol. The molecule has 8 aromatic heterocycles. The topological polar surface area (TPSA) is 204 Å². The van der Waals surface area contributed by atoms with Crippen LogP contribution in [-0.2, 0) is 35.0 Å². The van der Waals surface area contributed by atoms with Gasteiger partial charge >= 0.3 is 7.12 Å². The van der Waals surface area contributed by atoms with E-state index in [1.807, 2.05) is 143 Å². The molecule has 1 aliphatic rings. The fourth-order valence-electron chi connectivity index (χ4n) is 9.12. The van der Waals surface area contributed by atoms with Crippen LogP contribution in [0, 0.1) is 0 Å². The van der Waals surface area contributed by atoms with Gasteiger partial charge in [-0.1, -0.05) is 158 Å². The van der Waals surface area contributed by atoms with Crippen molar-refractivity contribution in [3.05, 3.63) is 290 Å². The molecule has 1 saturated heterocycles. The second kappa shape index (κ2) is 45.3. The number of fused-ring (bicyclic) bond motifs is 2. The maximum atomic E-state index is 5.93. The Morgan fingerprint density at radius 2 is 0.991 bits per heavy atom. The van der Waals surface area contributed by atoms with Gasteiger partial charge < -0.3 is 30.2 Å². The molecule has 14 rings (SSSR count). The number of thiazole rings is 2. The molecule has 0 radical (unpaired) electrons. The Morgan fingerprint density at radius 1 is 0.514 bits per heavy atom. The van der Waals surface area contributed by atoms with E-state index in [0.29, 0.717) is 11.4 Å². The number of hydrogen-bond donors (Lipinski definition) is 2. The van der Waals surface area contributed by atoms with E-state index in [1.54, 1.807) is 98.6 Å². The fourth-order valence-corrected chi connectivity index (χ4v) is 15.5. The number of nitrogen functional groups attached to an aromatic ring is 2. The second-order valence-electron chi connectivity index (χ2n) is 23.4. The number of hydrogen-bond acceptors (Lipinski definition) is 20. The van der Waals surface area contributed by atoms with Gasteiger partial charge in [-0.15, -0.1) is 22.7 Å². The first-order valence-electron chi connectivity index (χ1n) is 31.8. The van der Waals surface area contributed by atoms with Crippen LogP contribution in [0.3, 0.4) is 0 Å². The van der Waals surface area contributed by atoms with Crippen molar-refractivity contribution < 1.29 is 18.8 Å². The number of ether oxygens (including phenoxy) is 2. The lowest BCUT2D eigenvalue weighted by molar-refractivity contribution is 0.00578. The molecule has 0 amide bonds. The SMILES string of the molecule is Brc1ccc2nc(Cc3cccnc3)sc2c1.COc1cncc(-c2ccc3nc(Cc4cccnc4)sc3c2)c1.COc1cncc(B2OC(C)(C)C(C)(C)O2)c1.Nc1ccc(Br)cc1Br.Nc1cccnc1.S=C(Cc1cccnc1)Cc1ccc(Br)cc1Br.S=C(Cl)Cl.S=C=Nc1ccc(Br)cc1Br. The van der Waals surface area contributed by atoms with Crippen LogP contribution in [0.5, 0.6) is 11.5 Å². The number of isothiocyanates is 1. The zero-order chi connectivity index (χ0) is 77.5. The van der Waals surface area contributed by atoms with Crippen molar-refractivity contribution >= 4 is 258 Å². The first-order valence-corrected chi connectivity index (χ1v) is 41.0. The van der Waals surface area contributed by atoms with Crippen molar-refractivity contribution in [3.8, 4) is 22.6 Å². The number of aliphatic imine (C=N–C) groups is 1. The summed E-state index contributed by atoms with van der Waals surface area (Å²) in [6, 6.07) is 49.5. The van der Waals surface area contributed by atoms with Gasteiger partial charge in [0, 0.05) is 141 Å². The lowest BCUT2D eigenvalue weighted by Gasteiger charge is -2.32. The van der Waals surface area contributed by atoms with Gasteiger partial charge in [-0.05, 0) is 221 Å². The van der Waals surface area contributed by atoms with Gasteiger partial charge in [-0.2, -0.15) is 4.99 Å². The predicted octanol–water partition coefficient (Wildman–Crippen LogP) is 23.7. The molecule has 5 aromatic carbocycles. The van der Waals surface area contributed by atoms with Gasteiger partial charge in [-0.3, -0.25) is 29.9 Å². The van der Waals surface area contributed by atoms with E-state index in [0.717, 1.165) is 122 Å². The second-order valence-corrected chi connectivity index (χ2v) is 34.4. The molecule has 4 N–H and O–H groups in total. The summed E-state index contributed by atoms with van der Waals surface area (Å²) in [6.07, 6.45) is 24.5. The lowest BCUT2D eigenvalue weighted by Crippen LogP contribution is -2.41. The normalized spacial score (nSPS) is 11.9. The molecule has 107 heavy (non-hydrogen) atoms. The van der Waals surface area contributed by atoms with E-state index in [9.17, 15) is 0 Å². The summed E-state index contributed by atoms with van der Waals surface area (Å²) in [7, 11) is 2.88. The number of methoxy groups -OCH3 is 2. The number of halogens is 9. The average Bonchev–Trinajstić information content (AvgIpc) is 1.63. The monoisotopic (exact) mass is 2000 g/mol. The minimum atomic E-state index is -0.386. The molecule has 1 fully saturated rings. The average molecular weight is 2010 g/mol. The van der Waals surface area contributed by atoms with Crippen molar-refractivity contribution in [2.75, 3.05) is 25.7 Å². The van der Waals surface area contributed by atoms with Crippen LogP contribution in [0.1, 0.15) is 60.0 Å². The first-order chi connectivity index (χ1) is 51.2. The molecular weight excluding hydrogens is 1940 g/mol. The third-order valence-electron chi connectivity index (χ3n) is 15.0. The van der Waals surface area contributed by atoms with Crippen molar-refractivity contribution in [2.24, 2.45) is 4.99 Å². The van der Waals surface area contributed by atoms with Gasteiger partial charge in [0.05, 0.1) is 84.8 Å². The van der Waals surface area contributed by atoms with Crippen molar-refractivity contribution in [1.82, 2.24) is 39.9 Å². The van der Waals surface area contributed by atoms with Crippen molar-refractivity contribution in [1.29, 1.82) is 0 Å². The third-order valence-corrected chi connectivity index (χ3v) is 21.5. The molecule has 0 aliphatic carbocycles. The van der Waals surface area contributed by atoms with Crippen LogP contribution in [-0.4, -0.2) is 86.2 Å². The summed E-state index contributed by atoms with van der Waals surface area (Å²) in [6.45, 7) is 8.11. The standard InChI is InChI=1S/C19H15N3OS.C14H11Br2NS.C13H9BrN2S.C12H18BNO3.C7H3Br2NS.C6H5Br2N.C5H6N2.CCl2S/c1-23-16-8-15(11-21-12-16)14-4-5-17-18(9-14)24-19(22-17)7-13-3-2-6-20-10-13;15-12-4-3-11(14(16)8-12)7-13(18)6-10-2-1-5-17-9-10;14-10-3-4-11-12(7-10)17-13(16-11)6-9-2-1-5-15-8-9;1-11(2)12(3,4)17-13(16-11)9-6-10(15-5)8-14-7-9;8-5-1-2-7(10-4-11)6(9)3-5;7-4-1-2-6(9)5(8)3-4;6-5-2-1-3-7-4-5;2-1(3)4/h2-6,8-12H,7H2,1H3;1-5,8-9H,6-7H2;1-5,7-8H,6H2;6-8H,1-5H3;1-3H;1-3H,9H2;1-4H,6H2;. The highest BCUT2D eigenvalue weighted by molar-refractivity contribution is 9.12. The number of rotatable bonds is 13. The molecule has 0 spiro atoms. The van der Waals surface area contributed by atoms with E-state index >= 15 is 0 Å². The summed E-state index contributed by atoms with van der Waals surface area (Å²) in [5.41, 5.74) is 22.3. The first kappa shape index (κ1) is 88.1. The highest BCUT2D eigenvalue weighted by Gasteiger charge is 2.52. The van der Waals surface area contributed by atoms with E-state index in [4.69, 9.17) is 70.7 Å². The molecule has 13 aromatic rings. The minimum absolute atomic E-state index is 0.0556. The molecule has 0 saturated carbocycles. The maximum Gasteiger partial charge on any atom is 0.496 e. The van der Waals surface area contributed by atoms with E-state index in [-0.39, 0.29) is 22.1 Å². The Hall–Kier alpha value is -6.12. The van der Waals surface area contributed by atoms with Crippen LogP contribution in [0.4, 0.5) is 17.1 Å². The van der Waals surface area contributed by atoms with Gasteiger partial charge in [0.15, 0.2) is 3.78 Å². The summed E-state index contributed by atoms with van der Waals surface area (Å²) >= 11 is 50.7. The lowest BCUT2D eigenvalue weighted by atomic mass is 9.80. The number of benzene rings is 5. The number of nitrogens with zero attached hydrogens (tertiary/aromatic N) is 9. The number of aromatic nitrogens is 8. The van der Waals surface area contributed by atoms with Crippen LogP contribution in [0.25, 0.3) is 31.6 Å². The summed E-state index contributed by atoms with van der Waals surface area (Å²) in [5, 5.41) is 4.53. The van der Waals surface area contributed by atoms with Crippen LogP contribution < -0.4 is 26.4 Å². The Bertz CT molecular complexity index is 5050. The molecule has 1 aliphatic heterocycles. The third kappa shape index (κ3) is 30.6. The molecular formula is C77H67BBr7Cl2N11O4S5. The molecule has 550 valence electrons. The molecule has 0 atom stereocenters. The molecule has 0 bridgehead atoms. The van der Waals surface area contributed by atoms with Crippen LogP contribution in [0.2, 0.25) is 0 Å². The number of nitrogens with two attached hydrogens (primary N) is 2. The molecule has 15 nitrogen and oxygen atoms in total. The van der Waals surface area contributed by atoms with E-state index in [2.05, 4.69) is 230 Å². The quantitative estimate of drug-likeness (QED) is 0.0362. The van der Waals surface area contributed by atoms with Crippen molar-refractivity contribution in [2.45, 2.75) is 64.6 Å². The maximum absolute atomic E-state index is 5.93. The molecule has 0 unspecified atom stereocenters. The summed E-state index contributed by atoms with van der Waals surface area (Å²) in [4.78, 5) is 38.7. The Balaban J connectivity index is 0.000000177. The van der Waals surface area contributed by atoms with E-state index < -0.39 is 0 Å². The smallest absolute Gasteiger partial charge is 0.495 e. The van der Waals surface area contributed by atoms with Crippen molar-refractivity contribution in [3.63, 3.8) is 0 Å². The Morgan fingerprint density at radius 3 is 1.48 bits per heavy atom. The number of thiocarbonyl (C=S) groups is 3. The minimum Gasteiger partial charge on any atom is -0.495 e. The number of pyridine rings is 6. The van der Waals surface area contributed by atoms with Gasteiger partial charge in [0.1, 0.15) is 11.5 Å². The zero-order valence-electron chi connectivity index (χ0n) is 58.0. The highest BCUT2D eigenvalue weighted by atomic mass is 79.9. The Labute approximate surface area is 716 Å². The van der Waals surface area contributed by atoms with Crippen LogP contribution >= 0.6 is 194 Å². The van der Waals surface area contributed by atoms with Crippen LogP contribution in [0.15, 0.2) is 262 Å². The van der Waals surface area contributed by atoms with Gasteiger partial charge in [0.2, 0.25) is 0 Å². The highest BCUT2D eigenvalue weighted by Crippen LogP contribution is 2.37. The summed E-state index contributed by atoms with van der Waals surface area (Å²) in [5.74, 6) is 1.46. The molecule has 30 heteroatoms. The van der Waals surface area contributed by atoms with E-state index in [1.165, 1.54) is 26.1 Å². The van der Waals surface area contributed by atoms with Gasteiger partial charge in [-0.25, -0.2) is 9.97 Å². The largest absolute Gasteiger partial charge is 0.496 e.